The molecule has 0 heterocycles. The van der Waals surface area contributed by atoms with Gasteiger partial charge in [-0.1, -0.05) is 44.2 Å². The van der Waals surface area contributed by atoms with Gasteiger partial charge in [0.2, 0.25) is 15.9 Å². The fourth-order valence-electron chi connectivity index (χ4n) is 2.84. The fourth-order valence-corrected chi connectivity index (χ4v) is 4.26. The molecule has 0 unspecified atom stereocenters. The first-order chi connectivity index (χ1) is 13.7. The Morgan fingerprint density at radius 2 is 1.69 bits per heavy atom. The quantitative estimate of drug-likeness (QED) is 0.578. The number of halogens is 1. The van der Waals surface area contributed by atoms with Gasteiger partial charge >= 0.3 is 0 Å². The molecule has 0 aliphatic rings. The molecule has 158 valence electrons. The van der Waals surface area contributed by atoms with Crippen molar-refractivity contribution in [2.45, 2.75) is 31.2 Å². The van der Waals surface area contributed by atoms with E-state index in [0.717, 1.165) is 18.3 Å². The maximum absolute atomic E-state index is 13.9. The molecule has 0 radical (unpaired) electrons. The summed E-state index contributed by atoms with van der Waals surface area (Å²) in [6, 6.07) is 14.0. The van der Waals surface area contributed by atoms with Crippen molar-refractivity contribution in [2.24, 2.45) is 5.92 Å². The number of para-hydroxylation sites is 1. The van der Waals surface area contributed by atoms with Gasteiger partial charge in [-0.15, -0.1) is 0 Å². The summed E-state index contributed by atoms with van der Waals surface area (Å²) in [6.45, 7) is 4.60. The average Bonchev–Trinajstić information content (AvgIpc) is 2.69. The lowest BCUT2D eigenvalue weighted by molar-refractivity contribution is -0.123. The summed E-state index contributed by atoms with van der Waals surface area (Å²) in [5, 5.41) is 2.77. The van der Waals surface area contributed by atoms with Gasteiger partial charge in [0, 0.05) is 25.8 Å². The van der Waals surface area contributed by atoms with Gasteiger partial charge in [-0.2, -0.15) is 4.72 Å². The Kier molecular flexibility index (Phi) is 8.16. The lowest BCUT2D eigenvalue weighted by atomic mass is 10.1. The van der Waals surface area contributed by atoms with Gasteiger partial charge < -0.3 is 10.2 Å². The molecule has 1 amide bonds. The molecule has 2 aromatic carbocycles. The zero-order valence-electron chi connectivity index (χ0n) is 16.9. The molecule has 0 bridgehead atoms. The number of hydrogen-bond acceptors (Lipinski definition) is 4. The number of carbonyl (C=O) groups is 1. The molecule has 2 N–H and O–H groups in total. The van der Waals surface area contributed by atoms with Gasteiger partial charge in [0.1, 0.15) is 16.8 Å². The van der Waals surface area contributed by atoms with Gasteiger partial charge in [-0.3, -0.25) is 4.79 Å². The third-order valence-electron chi connectivity index (χ3n) is 4.52. The van der Waals surface area contributed by atoms with Gasteiger partial charge in [0.15, 0.2) is 0 Å². The van der Waals surface area contributed by atoms with Crippen LogP contribution in [0, 0.1) is 11.7 Å². The SMILES string of the molecule is CC(C)[C@H](NS(=O)(=O)c1ccccc1F)C(=O)NCCCN(C)c1ccccc1. The highest BCUT2D eigenvalue weighted by Gasteiger charge is 2.29. The Hall–Kier alpha value is -2.45. The predicted molar refractivity (Wildman–Crippen MR) is 113 cm³/mol. The molecule has 29 heavy (non-hydrogen) atoms. The number of nitrogens with zero attached hydrogens (tertiary/aromatic N) is 1. The first kappa shape index (κ1) is 22.8. The van der Waals surface area contributed by atoms with Gasteiger partial charge in [-0.05, 0) is 36.6 Å². The van der Waals surface area contributed by atoms with Crippen LogP contribution in [-0.4, -0.2) is 40.5 Å². The van der Waals surface area contributed by atoms with Crippen molar-refractivity contribution < 1.29 is 17.6 Å². The van der Waals surface area contributed by atoms with Crippen LogP contribution in [0.5, 0.6) is 0 Å². The number of anilines is 1. The summed E-state index contributed by atoms with van der Waals surface area (Å²) in [5.74, 6) is -1.59. The van der Waals surface area contributed by atoms with Crippen molar-refractivity contribution in [1.82, 2.24) is 10.0 Å². The Bertz CT molecular complexity index is 904. The standard InChI is InChI=1S/C21H28FN3O3S/c1-16(2)20(24-29(27,28)19-13-8-7-12-18(19)22)21(26)23-14-9-15-25(3)17-10-5-4-6-11-17/h4-8,10-13,16,20,24H,9,14-15H2,1-3H3,(H,23,26)/t20-/m0/s1. The van der Waals surface area contributed by atoms with Crippen LogP contribution < -0.4 is 14.9 Å². The van der Waals surface area contributed by atoms with Gasteiger partial charge in [0.05, 0.1) is 0 Å². The van der Waals surface area contributed by atoms with E-state index in [2.05, 4.69) is 14.9 Å². The summed E-state index contributed by atoms with van der Waals surface area (Å²) >= 11 is 0. The lowest BCUT2D eigenvalue weighted by Crippen LogP contribution is -2.50. The second-order valence-corrected chi connectivity index (χ2v) is 8.86. The van der Waals surface area contributed by atoms with Crippen LogP contribution in [0.15, 0.2) is 59.5 Å². The summed E-state index contributed by atoms with van der Waals surface area (Å²) in [4.78, 5) is 14.2. The molecule has 0 aliphatic heterocycles. The van der Waals surface area contributed by atoms with Gasteiger partial charge in [0.25, 0.3) is 0 Å². The van der Waals surface area contributed by atoms with Crippen LogP contribution in [-0.2, 0) is 14.8 Å². The minimum Gasteiger partial charge on any atom is -0.375 e. The van der Waals surface area contributed by atoms with Crippen LogP contribution in [0.2, 0.25) is 0 Å². The Labute approximate surface area is 172 Å². The predicted octanol–water partition coefficient (Wildman–Crippen LogP) is 2.77. The smallest absolute Gasteiger partial charge is 0.244 e. The van der Waals surface area contributed by atoms with Crippen LogP contribution >= 0.6 is 0 Å². The molecule has 6 nitrogen and oxygen atoms in total. The van der Waals surface area contributed by atoms with Crippen LogP contribution in [0.1, 0.15) is 20.3 Å². The van der Waals surface area contributed by atoms with E-state index in [-0.39, 0.29) is 5.92 Å². The molecule has 0 aliphatic carbocycles. The van der Waals surface area contributed by atoms with Crippen molar-refractivity contribution in [3.05, 3.63) is 60.4 Å². The summed E-state index contributed by atoms with van der Waals surface area (Å²) in [5.41, 5.74) is 1.08. The number of hydrogen-bond donors (Lipinski definition) is 2. The number of sulfonamides is 1. The molecule has 0 aromatic heterocycles. The van der Waals surface area contributed by atoms with Crippen LogP contribution in [0.3, 0.4) is 0 Å². The number of carbonyl (C=O) groups excluding carboxylic acids is 1. The minimum absolute atomic E-state index is 0.302. The second kappa shape index (κ2) is 10.4. The fraction of sp³-hybridized carbons (Fsp3) is 0.381. The molecular formula is C21H28FN3O3S. The number of nitrogens with one attached hydrogen (secondary N) is 2. The maximum Gasteiger partial charge on any atom is 0.244 e. The highest BCUT2D eigenvalue weighted by Crippen LogP contribution is 2.15. The van der Waals surface area contributed by atoms with E-state index in [4.69, 9.17) is 0 Å². The monoisotopic (exact) mass is 421 g/mol. The minimum atomic E-state index is -4.15. The van der Waals surface area contributed by atoms with Crippen LogP contribution in [0.25, 0.3) is 0 Å². The number of rotatable bonds is 10. The van der Waals surface area contributed by atoms with Crippen LogP contribution in [0.4, 0.5) is 10.1 Å². The van der Waals surface area contributed by atoms with Crippen molar-refractivity contribution in [3.63, 3.8) is 0 Å². The molecule has 0 saturated heterocycles. The zero-order chi connectivity index (χ0) is 21.4. The Morgan fingerprint density at radius 1 is 1.07 bits per heavy atom. The largest absolute Gasteiger partial charge is 0.375 e. The Morgan fingerprint density at radius 3 is 2.31 bits per heavy atom. The zero-order valence-corrected chi connectivity index (χ0v) is 17.7. The molecule has 0 saturated carbocycles. The average molecular weight is 422 g/mol. The Balaban J connectivity index is 1.92. The molecule has 2 rings (SSSR count). The van der Waals surface area contributed by atoms with Crippen molar-refractivity contribution in [3.8, 4) is 0 Å². The van der Waals surface area contributed by atoms with Crippen molar-refractivity contribution >= 4 is 21.6 Å². The molecule has 2 aromatic rings. The van der Waals surface area contributed by atoms with E-state index in [1.807, 2.05) is 37.4 Å². The van der Waals surface area contributed by atoms with E-state index < -0.39 is 32.7 Å². The molecule has 0 fully saturated rings. The lowest BCUT2D eigenvalue weighted by Gasteiger charge is -2.23. The molecular weight excluding hydrogens is 393 g/mol. The first-order valence-electron chi connectivity index (χ1n) is 9.53. The second-order valence-electron chi connectivity index (χ2n) is 7.18. The molecule has 0 spiro atoms. The highest BCUT2D eigenvalue weighted by molar-refractivity contribution is 7.89. The highest BCUT2D eigenvalue weighted by atomic mass is 32.2. The van der Waals surface area contributed by atoms with E-state index in [1.54, 1.807) is 13.8 Å². The summed E-state index contributed by atoms with van der Waals surface area (Å²) in [7, 11) is -2.19. The summed E-state index contributed by atoms with van der Waals surface area (Å²) < 4.78 is 41.2. The summed E-state index contributed by atoms with van der Waals surface area (Å²) in [6.07, 6.45) is 0.696. The van der Waals surface area contributed by atoms with Crippen molar-refractivity contribution in [2.75, 3.05) is 25.0 Å². The third kappa shape index (κ3) is 6.54. The van der Waals surface area contributed by atoms with E-state index >= 15 is 0 Å². The maximum atomic E-state index is 13.9. The number of amides is 1. The molecule has 8 heteroatoms. The number of benzene rings is 2. The van der Waals surface area contributed by atoms with E-state index in [1.165, 1.54) is 18.2 Å². The van der Waals surface area contributed by atoms with Gasteiger partial charge in [-0.25, -0.2) is 12.8 Å². The first-order valence-corrected chi connectivity index (χ1v) is 11.0. The van der Waals surface area contributed by atoms with E-state index in [0.29, 0.717) is 13.0 Å². The van der Waals surface area contributed by atoms with E-state index in [9.17, 15) is 17.6 Å². The third-order valence-corrected chi connectivity index (χ3v) is 6.00. The van der Waals surface area contributed by atoms with Crippen molar-refractivity contribution in [1.29, 1.82) is 0 Å². The molecule has 1 atom stereocenters. The topological polar surface area (TPSA) is 78.5 Å². The normalized spacial score (nSPS) is 12.6.